The molecule has 3 N–H and O–H groups in total. The van der Waals surface area contributed by atoms with E-state index in [1.165, 1.54) is 19.3 Å². The van der Waals surface area contributed by atoms with Gasteiger partial charge in [0.15, 0.2) is 0 Å². The summed E-state index contributed by atoms with van der Waals surface area (Å²) in [6, 6.07) is -0.0835. The largest absolute Gasteiger partial charge is 0.395 e. The number of nitrogens with two attached hydrogens (primary N) is 1. The van der Waals surface area contributed by atoms with Crippen molar-refractivity contribution in [3.63, 3.8) is 0 Å². The lowest BCUT2D eigenvalue weighted by atomic mass is 9.77. The van der Waals surface area contributed by atoms with Gasteiger partial charge in [-0.3, -0.25) is 4.90 Å². The SMILES string of the molecule is COCC(N)C(CO)N1CCCC(C(C)(C)C)CC1. The first-order valence-corrected chi connectivity index (χ1v) is 7.49. The van der Waals surface area contributed by atoms with Crippen LogP contribution in [0.5, 0.6) is 0 Å². The van der Waals surface area contributed by atoms with E-state index in [1.807, 2.05) is 0 Å². The van der Waals surface area contributed by atoms with E-state index in [4.69, 9.17) is 10.5 Å². The summed E-state index contributed by atoms with van der Waals surface area (Å²) in [6.07, 6.45) is 3.66. The number of nitrogens with zero attached hydrogens (tertiary/aromatic N) is 1. The molecule has 0 aliphatic carbocycles. The second-order valence-electron chi connectivity index (χ2n) is 6.90. The number of hydrogen-bond donors (Lipinski definition) is 2. The number of rotatable bonds is 5. The third kappa shape index (κ3) is 5.03. The zero-order chi connectivity index (χ0) is 14.5. The number of ether oxygens (including phenoxy) is 1. The zero-order valence-corrected chi connectivity index (χ0v) is 13.1. The van der Waals surface area contributed by atoms with Crippen LogP contribution in [0.15, 0.2) is 0 Å². The van der Waals surface area contributed by atoms with Crippen molar-refractivity contribution >= 4 is 0 Å². The minimum atomic E-state index is -0.110. The van der Waals surface area contributed by atoms with Crippen LogP contribution in [0, 0.1) is 11.3 Å². The lowest BCUT2D eigenvalue weighted by Crippen LogP contribution is -2.52. The predicted octanol–water partition coefficient (Wildman–Crippen LogP) is 1.47. The van der Waals surface area contributed by atoms with Crippen molar-refractivity contribution in [2.24, 2.45) is 17.1 Å². The summed E-state index contributed by atoms with van der Waals surface area (Å²) in [6.45, 7) is 9.67. The van der Waals surface area contributed by atoms with Gasteiger partial charge in [-0.05, 0) is 43.7 Å². The van der Waals surface area contributed by atoms with Gasteiger partial charge >= 0.3 is 0 Å². The number of aliphatic hydroxyl groups excluding tert-OH is 1. The maximum atomic E-state index is 9.62. The monoisotopic (exact) mass is 272 g/mol. The lowest BCUT2D eigenvalue weighted by Gasteiger charge is -2.34. The molecule has 1 saturated heterocycles. The van der Waals surface area contributed by atoms with E-state index >= 15 is 0 Å². The van der Waals surface area contributed by atoms with E-state index in [0.29, 0.717) is 12.0 Å². The number of methoxy groups -OCH3 is 1. The summed E-state index contributed by atoms with van der Waals surface area (Å²) in [4.78, 5) is 2.36. The molecular formula is C15H32N2O2. The third-order valence-corrected chi connectivity index (χ3v) is 4.50. The summed E-state index contributed by atoms with van der Waals surface area (Å²) in [7, 11) is 1.66. The second kappa shape index (κ2) is 7.58. The van der Waals surface area contributed by atoms with E-state index in [1.54, 1.807) is 7.11 Å². The minimum absolute atomic E-state index is 0.0265. The molecule has 114 valence electrons. The highest BCUT2D eigenvalue weighted by Gasteiger charge is 2.31. The van der Waals surface area contributed by atoms with E-state index < -0.39 is 0 Å². The Balaban J connectivity index is 2.59. The predicted molar refractivity (Wildman–Crippen MR) is 79.1 cm³/mol. The van der Waals surface area contributed by atoms with Crippen LogP contribution < -0.4 is 5.73 Å². The van der Waals surface area contributed by atoms with E-state index in [9.17, 15) is 5.11 Å². The number of likely N-dealkylation sites (tertiary alicyclic amines) is 1. The minimum Gasteiger partial charge on any atom is -0.395 e. The number of aliphatic hydroxyl groups is 1. The van der Waals surface area contributed by atoms with Gasteiger partial charge in [0.25, 0.3) is 0 Å². The highest BCUT2D eigenvalue weighted by Crippen LogP contribution is 2.34. The Morgan fingerprint density at radius 2 is 2.00 bits per heavy atom. The summed E-state index contributed by atoms with van der Waals surface area (Å²) < 4.78 is 5.12. The molecule has 0 spiro atoms. The second-order valence-corrected chi connectivity index (χ2v) is 6.90. The van der Waals surface area contributed by atoms with Gasteiger partial charge in [0.05, 0.1) is 19.3 Å². The molecule has 1 aliphatic rings. The number of hydrogen-bond acceptors (Lipinski definition) is 4. The molecule has 4 heteroatoms. The Hall–Kier alpha value is -0.160. The van der Waals surface area contributed by atoms with Gasteiger partial charge in [-0.1, -0.05) is 20.8 Å². The molecule has 0 aromatic carbocycles. The van der Waals surface area contributed by atoms with Crippen molar-refractivity contribution in [2.75, 3.05) is 33.4 Å². The van der Waals surface area contributed by atoms with Crippen molar-refractivity contribution in [2.45, 2.75) is 52.1 Å². The maximum absolute atomic E-state index is 9.62. The molecule has 1 fully saturated rings. The summed E-state index contributed by atoms with van der Waals surface area (Å²) in [5.41, 5.74) is 6.49. The molecule has 4 nitrogen and oxygen atoms in total. The van der Waals surface area contributed by atoms with Gasteiger partial charge in [0.2, 0.25) is 0 Å². The lowest BCUT2D eigenvalue weighted by molar-refractivity contribution is 0.0704. The molecular weight excluding hydrogens is 240 g/mol. The van der Waals surface area contributed by atoms with E-state index in [-0.39, 0.29) is 18.7 Å². The quantitative estimate of drug-likeness (QED) is 0.796. The van der Waals surface area contributed by atoms with Crippen molar-refractivity contribution in [3.05, 3.63) is 0 Å². The van der Waals surface area contributed by atoms with Crippen LogP contribution in [0.25, 0.3) is 0 Å². The van der Waals surface area contributed by atoms with Crippen molar-refractivity contribution in [1.29, 1.82) is 0 Å². The molecule has 1 heterocycles. The van der Waals surface area contributed by atoms with Gasteiger partial charge in [-0.25, -0.2) is 0 Å². The van der Waals surface area contributed by atoms with Crippen LogP contribution in [0.1, 0.15) is 40.0 Å². The normalized spacial score (nSPS) is 25.9. The van der Waals surface area contributed by atoms with Crippen LogP contribution >= 0.6 is 0 Å². The Kier molecular flexibility index (Phi) is 6.74. The van der Waals surface area contributed by atoms with Gasteiger partial charge in [0.1, 0.15) is 0 Å². The fourth-order valence-electron chi connectivity index (χ4n) is 3.14. The van der Waals surface area contributed by atoms with E-state index in [2.05, 4.69) is 25.7 Å². The van der Waals surface area contributed by atoms with Crippen molar-refractivity contribution in [1.82, 2.24) is 4.90 Å². The fraction of sp³-hybridized carbons (Fsp3) is 1.00. The van der Waals surface area contributed by atoms with Crippen LogP contribution in [0.3, 0.4) is 0 Å². The fourth-order valence-corrected chi connectivity index (χ4v) is 3.14. The molecule has 0 amide bonds. The van der Waals surface area contributed by atoms with Crippen LogP contribution in [0.2, 0.25) is 0 Å². The van der Waals surface area contributed by atoms with Gasteiger partial charge in [-0.2, -0.15) is 0 Å². The third-order valence-electron chi connectivity index (χ3n) is 4.50. The highest BCUT2D eigenvalue weighted by atomic mass is 16.5. The molecule has 1 rings (SSSR count). The first-order valence-electron chi connectivity index (χ1n) is 7.49. The zero-order valence-electron chi connectivity index (χ0n) is 13.1. The topological polar surface area (TPSA) is 58.7 Å². The van der Waals surface area contributed by atoms with Gasteiger partial charge < -0.3 is 15.6 Å². The van der Waals surface area contributed by atoms with Gasteiger partial charge in [0, 0.05) is 13.2 Å². The first-order chi connectivity index (χ1) is 8.90. The van der Waals surface area contributed by atoms with Crippen LogP contribution in [-0.2, 0) is 4.74 Å². The molecule has 3 atom stereocenters. The van der Waals surface area contributed by atoms with E-state index in [0.717, 1.165) is 19.0 Å². The van der Waals surface area contributed by atoms with Crippen LogP contribution in [-0.4, -0.2) is 55.5 Å². The molecule has 19 heavy (non-hydrogen) atoms. The van der Waals surface area contributed by atoms with Crippen LogP contribution in [0.4, 0.5) is 0 Å². The average molecular weight is 272 g/mol. The Morgan fingerprint density at radius 3 is 2.53 bits per heavy atom. The van der Waals surface area contributed by atoms with Crippen molar-refractivity contribution < 1.29 is 9.84 Å². The summed E-state index contributed by atoms with van der Waals surface area (Å²) in [5, 5.41) is 9.62. The highest BCUT2D eigenvalue weighted by molar-refractivity contribution is 4.86. The van der Waals surface area contributed by atoms with Gasteiger partial charge in [-0.15, -0.1) is 0 Å². The summed E-state index contributed by atoms with van der Waals surface area (Å²) >= 11 is 0. The Morgan fingerprint density at radius 1 is 1.32 bits per heavy atom. The Labute approximate surface area is 118 Å². The maximum Gasteiger partial charge on any atom is 0.0629 e. The van der Waals surface area contributed by atoms with Crippen molar-refractivity contribution in [3.8, 4) is 0 Å². The first kappa shape index (κ1) is 16.9. The molecule has 0 aromatic rings. The molecule has 3 unspecified atom stereocenters. The molecule has 0 saturated carbocycles. The molecule has 1 aliphatic heterocycles. The smallest absolute Gasteiger partial charge is 0.0629 e. The summed E-state index contributed by atoms with van der Waals surface area (Å²) in [5.74, 6) is 0.760. The average Bonchev–Trinajstić information content (AvgIpc) is 2.56. The Bertz CT molecular complexity index is 253. The molecule has 0 bridgehead atoms. The standard InChI is InChI=1S/C15H32N2O2/c1-15(2,3)12-6-5-8-17(9-7-12)14(10-18)13(16)11-19-4/h12-14,18H,5-11,16H2,1-4H3. The molecule has 0 aromatic heterocycles. The molecule has 0 radical (unpaired) electrons.